The molecule has 0 aliphatic carbocycles. The molecule has 0 fully saturated rings. The largest absolute Gasteiger partial charge is 0.313 e. The molecule has 3 nitrogen and oxygen atoms in total. The van der Waals surface area contributed by atoms with E-state index < -0.39 is 9.84 Å². The number of fused-ring (bicyclic) bond motifs is 1. The van der Waals surface area contributed by atoms with Gasteiger partial charge in [0.25, 0.3) is 0 Å². The highest BCUT2D eigenvalue weighted by Gasteiger charge is 2.34. The molecule has 1 aromatic carbocycles. The van der Waals surface area contributed by atoms with Crippen LogP contribution in [0.2, 0.25) is 0 Å². The van der Waals surface area contributed by atoms with Crippen molar-refractivity contribution in [3.05, 3.63) is 29.8 Å². The van der Waals surface area contributed by atoms with E-state index >= 15 is 0 Å². The molecule has 0 amide bonds. The van der Waals surface area contributed by atoms with Crippen molar-refractivity contribution in [3.63, 3.8) is 0 Å². The van der Waals surface area contributed by atoms with Crippen LogP contribution in [0.15, 0.2) is 29.2 Å². The molecule has 0 saturated heterocycles. The maximum absolute atomic E-state index is 12.0. The van der Waals surface area contributed by atoms with Crippen molar-refractivity contribution in [1.29, 1.82) is 0 Å². The van der Waals surface area contributed by atoms with Crippen LogP contribution < -0.4 is 5.32 Å². The molecule has 2 atom stereocenters. The highest BCUT2D eigenvalue weighted by Crippen LogP contribution is 2.35. The highest BCUT2D eigenvalue weighted by atomic mass is 32.2. The third-order valence-corrected chi connectivity index (χ3v) is 5.28. The fraction of sp³-hybridized carbons (Fsp3) is 0.455. The van der Waals surface area contributed by atoms with Gasteiger partial charge in [0.05, 0.1) is 10.1 Å². The smallest absolute Gasteiger partial charge is 0.181 e. The number of hydrogen-bond donors (Lipinski definition) is 1. The normalized spacial score (nSPS) is 28.4. The SMILES string of the molecule is CNC1CC(C)S(=O)(=O)c2ccccc21. The maximum Gasteiger partial charge on any atom is 0.181 e. The minimum atomic E-state index is -3.10. The van der Waals surface area contributed by atoms with Crippen molar-refractivity contribution in [1.82, 2.24) is 5.32 Å². The Morgan fingerprint density at radius 3 is 2.67 bits per heavy atom. The van der Waals surface area contributed by atoms with E-state index in [9.17, 15) is 8.42 Å². The summed E-state index contributed by atoms with van der Waals surface area (Å²) in [6.07, 6.45) is 0.649. The van der Waals surface area contributed by atoms with E-state index in [1.807, 2.05) is 19.2 Å². The molecule has 1 heterocycles. The van der Waals surface area contributed by atoms with E-state index in [4.69, 9.17) is 0 Å². The standard InChI is InChI=1S/C11H15NO2S/c1-8-7-10(12-2)9-5-3-4-6-11(9)15(8,13)14/h3-6,8,10,12H,7H2,1-2H3. The molecule has 2 rings (SSSR count). The van der Waals surface area contributed by atoms with E-state index in [0.29, 0.717) is 11.3 Å². The first kappa shape index (κ1) is 10.6. The third kappa shape index (κ3) is 1.58. The lowest BCUT2D eigenvalue weighted by Gasteiger charge is -2.29. The van der Waals surface area contributed by atoms with Crippen LogP contribution in [0.1, 0.15) is 24.9 Å². The third-order valence-electron chi connectivity index (χ3n) is 3.05. The van der Waals surface area contributed by atoms with Gasteiger partial charge in [-0.15, -0.1) is 0 Å². The highest BCUT2D eigenvalue weighted by molar-refractivity contribution is 7.92. The van der Waals surface area contributed by atoms with Gasteiger partial charge in [0.2, 0.25) is 0 Å². The van der Waals surface area contributed by atoms with E-state index in [2.05, 4.69) is 5.32 Å². The quantitative estimate of drug-likeness (QED) is 0.788. The van der Waals surface area contributed by atoms with Crippen molar-refractivity contribution in [2.24, 2.45) is 0 Å². The van der Waals surface area contributed by atoms with Gasteiger partial charge < -0.3 is 5.32 Å². The van der Waals surface area contributed by atoms with Crippen molar-refractivity contribution < 1.29 is 8.42 Å². The second kappa shape index (κ2) is 3.61. The lowest BCUT2D eigenvalue weighted by Crippen LogP contribution is -2.32. The van der Waals surface area contributed by atoms with Gasteiger partial charge in [-0.1, -0.05) is 18.2 Å². The Balaban J connectivity index is 2.64. The van der Waals surface area contributed by atoms with E-state index in [0.717, 1.165) is 5.56 Å². The topological polar surface area (TPSA) is 46.2 Å². The van der Waals surface area contributed by atoms with Crippen LogP contribution in [-0.4, -0.2) is 20.7 Å². The minimum absolute atomic E-state index is 0.153. The molecular formula is C11H15NO2S. The summed E-state index contributed by atoms with van der Waals surface area (Å²) in [7, 11) is -1.24. The lowest BCUT2D eigenvalue weighted by molar-refractivity contribution is 0.494. The molecule has 0 aromatic heterocycles. The van der Waals surface area contributed by atoms with Gasteiger partial charge in [0.15, 0.2) is 9.84 Å². The molecule has 0 bridgehead atoms. The number of rotatable bonds is 1. The van der Waals surface area contributed by atoms with Gasteiger partial charge in [-0.05, 0) is 32.0 Å². The summed E-state index contributed by atoms with van der Waals surface area (Å²) in [4.78, 5) is 0.489. The van der Waals surface area contributed by atoms with Gasteiger partial charge in [-0.3, -0.25) is 0 Å². The Labute approximate surface area is 90.4 Å². The zero-order valence-corrected chi connectivity index (χ0v) is 9.71. The molecule has 1 aliphatic rings. The Bertz CT molecular complexity index is 467. The first-order valence-electron chi connectivity index (χ1n) is 5.07. The molecule has 4 heteroatoms. The lowest BCUT2D eigenvalue weighted by atomic mass is 10.0. The maximum atomic E-state index is 12.0. The molecule has 1 aliphatic heterocycles. The first-order valence-corrected chi connectivity index (χ1v) is 6.62. The van der Waals surface area contributed by atoms with Crippen LogP contribution in [0.25, 0.3) is 0 Å². The monoisotopic (exact) mass is 225 g/mol. The van der Waals surface area contributed by atoms with Crippen LogP contribution in [0.4, 0.5) is 0 Å². The summed E-state index contributed by atoms with van der Waals surface area (Å²) in [5.41, 5.74) is 0.901. The minimum Gasteiger partial charge on any atom is -0.313 e. The second-order valence-corrected chi connectivity index (χ2v) is 6.30. The van der Waals surface area contributed by atoms with Gasteiger partial charge in [0.1, 0.15) is 0 Å². The van der Waals surface area contributed by atoms with Gasteiger partial charge in [0, 0.05) is 6.04 Å². The molecule has 15 heavy (non-hydrogen) atoms. The summed E-state index contributed by atoms with van der Waals surface area (Å²) in [5, 5.41) is 2.86. The van der Waals surface area contributed by atoms with Crippen molar-refractivity contribution in [2.45, 2.75) is 29.5 Å². The summed E-state index contributed by atoms with van der Waals surface area (Å²) in [6, 6.07) is 7.40. The molecule has 1 N–H and O–H groups in total. The van der Waals surface area contributed by atoms with Crippen LogP contribution >= 0.6 is 0 Å². The van der Waals surface area contributed by atoms with Gasteiger partial charge >= 0.3 is 0 Å². The first-order chi connectivity index (χ1) is 7.07. The second-order valence-electron chi connectivity index (χ2n) is 3.97. The molecule has 0 radical (unpaired) electrons. The fourth-order valence-corrected chi connectivity index (χ4v) is 3.79. The van der Waals surface area contributed by atoms with Gasteiger partial charge in [-0.25, -0.2) is 8.42 Å². The van der Waals surface area contributed by atoms with E-state index in [1.165, 1.54) is 0 Å². The summed E-state index contributed by atoms with van der Waals surface area (Å²) >= 11 is 0. The summed E-state index contributed by atoms with van der Waals surface area (Å²) in [5.74, 6) is 0. The van der Waals surface area contributed by atoms with E-state index in [1.54, 1.807) is 19.1 Å². The molecule has 0 spiro atoms. The average Bonchev–Trinajstić information content (AvgIpc) is 2.24. The van der Waals surface area contributed by atoms with Gasteiger partial charge in [-0.2, -0.15) is 0 Å². The Morgan fingerprint density at radius 1 is 1.33 bits per heavy atom. The molecule has 2 unspecified atom stereocenters. The molecule has 82 valence electrons. The van der Waals surface area contributed by atoms with Crippen molar-refractivity contribution in [3.8, 4) is 0 Å². The predicted molar refractivity (Wildman–Crippen MR) is 59.5 cm³/mol. The number of sulfone groups is 1. The Kier molecular flexibility index (Phi) is 2.56. The number of hydrogen-bond acceptors (Lipinski definition) is 3. The van der Waals surface area contributed by atoms with Crippen LogP contribution in [0.3, 0.4) is 0 Å². The predicted octanol–water partition coefficient (Wildman–Crippen LogP) is 1.51. The summed E-state index contributed by atoms with van der Waals surface area (Å²) in [6.45, 7) is 1.77. The van der Waals surface area contributed by atoms with Crippen molar-refractivity contribution >= 4 is 9.84 Å². The Hall–Kier alpha value is -0.870. The molecular weight excluding hydrogens is 210 g/mol. The zero-order valence-electron chi connectivity index (χ0n) is 8.90. The van der Waals surface area contributed by atoms with Crippen LogP contribution in [-0.2, 0) is 9.84 Å². The van der Waals surface area contributed by atoms with Crippen molar-refractivity contribution in [2.75, 3.05) is 7.05 Å². The molecule has 0 saturated carbocycles. The summed E-state index contributed by atoms with van der Waals surface area (Å²) < 4.78 is 24.1. The fourth-order valence-electron chi connectivity index (χ4n) is 2.10. The van der Waals surface area contributed by atoms with Crippen LogP contribution in [0.5, 0.6) is 0 Å². The number of nitrogens with one attached hydrogen (secondary N) is 1. The number of benzene rings is 1. The van der Waals surface area contributed by atoms with Crippen LogP contribution in [0, 0.1) is 0 Å². The average molecular weight is 225 g/mol. The van der Waals surface area contributed by atoms with E-state index in [-0.39, 0.29) is 11.3 Å². The zero-order chi connectivity index (χ0) is 11.1. The molecule has 1 aromatic rings. The Morgan fingerprint density at radius 2 is 2.00 bits per heavy atom.